The van der Waals surface area contributed by atoms with E-state index in [0.717, 1.165) is 56.4 Å². The minimum Gasteiger partial charge on any atom is -0.670 e. The third kappa shape index (κ3) is 5.25. The van der Waals surface area contributed by atoms with E-state index in [1.54, 1.807) is 0 Å². The molecular weight excluding hydrogens is 391 g/mol. The predicted octanol–water partition coefficient (Wildman–Crippen LogP) is 6.18. The summed E-state index contributed by atoms with van der Waals surface area (Å²) in [6.07, 6.45) is -0.136. The third-order valence-electron chi connectivity index (χ3n) is 4.93. The molecule has 29 heavy (non-hydrogen) atoms. The van der Waals surface area contributed by atoms with Crippen molar-refractivity contribution in [3.63, 3.8) is 0 Å². The van der Waals surface area contributed by atoms with Crippen molar-refractivity contribution in [2.24, 2.45) is 0 Å². The Morgan fingerprint density at radius 1 is 1.03 bits per heavy atom. The molecule has 1 saturated carbocycles. The summed E-state index contributed by atoms with van der Waals surface area (Å²) in [4.78, 5) is 12.8. The first-order valence-electron chi connectivity index (χ1n) is 9.38. The first-order chi connectivity index (χ1) is 13.8. The highest BCUT2D eigenvalue weighted by atomic mass is 19.4. The molecule has 8 heteroatoms. The van der Waals surface area contributed by atoms with Gasteiger partial charge >= 0.3 is 6.18 Å². The van der Waals surface area contributed by atoms with E-state index < -0.39 is 35.3 Å². The average molecular weight is 411 g/mol. The summed E-state index contributed by atoms with van der Waals surface area (Å²) in [6, 6.07) is 5.81. The summed E-state index contributed by atoms with van der Waals surface area (Å²) in [6.45, 7) is 0. The van der Waals surface area contributed by atoms with Crippen molar-refractivity contribution < 1.29 is 26.7 Å². The van der Waals surface area contributed by atoms with Gasteiger partial charge in [-0.25, -0.2) is 8.78 Å². The van der Waals surface area contributed by atoms with E-state index in [0.29, 0.717) is 0 Å². The molecule has 0 radical (unpaired) electrons. The van der Waals surface area contributed by atoms with Crippen LogP contribution in [0.1, 0.15) is 49.3 Å². The fourth-order valence-corrected chi connectivity index (χ4v) is 3.44. The van der Waals surface area contributed by atoms with Crippen LogP contribution in [0.5, 0.6) is 0 Å². The van der Waals surface area contributed by atoms with Crippen molar-refractivity contribution in [2.45, 2.75) is 50.4 Å². The van der Waals surface area contributed by atoms with Gasteiger partial charge in [0.15, 0.2) is 11.6 Å². The van der Waals surface area contributed by atoms with Crippen LogP contribution in [0.4, 0.5) is 27.6 Å². The lowest BCUT2D eigenvalue weighted by molar-refractivity contribution is -0.137. The van der Waals surface area contributed by atoms with Gasteiger partial charge in [-0.1, -0.05) is 55.7 Å². The van der Waals surface area contributed by atoms with E-state index in [9.17, 15) is 26.7 Å². The molecule has 1 atom stereocenters. The summed E-state index contributed by atoms with van der Waals surface area (Å²) in [5, 5.41) is 6.84. The Morgan fingerprint density at radius 2 is 1.72 bits per heavy atom. The number of carbonyl (C=O) groups excluding carboxylic acids is 1. The van der Waals surface area contributed by atoms with Crippen molar-refractivity contribution >= 4 is 11.6 Å². The second-order valence-electron chi connectivity index (χ2n) is 7.07. The maximum atomic E-state index is 14.4. The molecule has 156 valence electrons. The Labute approximate surface area is 165 Å². The fourth-order valence-electron chi connectivity index (χ4n) is 3.44. The average Bonchev–Trinajstić information content (AvgIpc) is 2.69. The molecular formula is C21H20F5N2O-. The molecule has 0 heterocycles. The third-order valence-corrected chi connectivity index (χ3v) is 4.93. The lowest BCUT2D eigenvalue weighted by atomic mass is 9.94. The molecule has 1 N–H and O–H groups in total. The minimum absolute atomic E-state index is 0.118. The summed E-state index contributed by atoms with van der Waals surface area (Å²) < 4.78 is 67.0. The number of nitrogens with zero attached hydrogens (tertiary/aromatic N) is 1. The summed E-state index contributed by atoms with van der Waals surface area (Å²) in [7, 11) is 0. The number of carbonyl (C=O) groups is 1. The fraction of sp³-hybridized carbons (Fsp3) is 0.381. The second-order valence-corrected chi connectivity index (χ2v) is 7.07. The van der Waals surface area contributed by atoms with Gasteiger partial charge in [0.2, 0.25) is 5.91 Å². The van der Waals surface area contributed by atoms with Crippen molar-refractivity contribution in [3.8, 4) is 0 Å². The van der Waals surface area contributed by atoms with Crippen LogP contribution in [0.3, 0.4) is 0 Å². The normalized spacial score (nSPS) is 16.3. The van der Waals surface area contributed by atoms with Gasteiger partial charge < -0.3 is 10.6 Å². The van der Waals surface area contributed by atoms with Crippen LogP contribution < -0.4 is 5.32 Å². The highest BCUT2D eigenvalue weighted by Gasteiger charge is 2.30. The zero-order valence-electron chi connectivity index (χ0n) is 15.5. The molecule has 3 nitrogen and oxygen atoms in total. The maximum Gasteiger partial charge on any atom is 0.416 e. The van der Waals surface area contributed by atoms with Crippen LogP contribution in [0.15, 0.2) is 42.5 Å². The van der Waals surface area contributed by atoms with Crippen LogP contribution >= 0.6 is 0 Å². The molecule has 2 aromatic rings. The SMILES string of the molecule is O=C(NC1CCCCC1)C([N-]c1cccc(C(F)(F)F)c1)c1cccc(F)c1F. The molecule has 1 unspecified atom stereocenters. The number of halogens is 5. The molecule has 3 rings (SSSR count). The van der Waals surface area contributed by atoms with E-state index in [1.807, 2.05) is 0 Å². The molecule has 1 amide bonds. The van der Waals surface area contributed by atoms with Crippen LogP contribution in [-0.2, 0) is 11.0 Å². The lowest BCUT2D eigenvalue weighted by Gasteiger charge is -2.35. The van der Waals surface area contributed by atoms with Crippen LogP contribution in [-0.4, -0.2) is 11.9 Å². The van der Waals surface area contributed by atoms with Crippen molar-refractivity contribution in [1.82, 2.24) is 5.32 Å². The number of amides is 1. The Bertz CT molecular complexity index is 862. The largest absolute Gasteiger partial charge is 0.670 e. The minimum atomic E-state index is -4.59. The number of rotatable bonds is 5. The number of alkyl halides is 3. The Balaban J connectivity index is 1.90. The van der Waals surface area contributed by atoms with E-state index >= 15 is 0 Å². The summed E-state index contributed by atoms with van der Waals surface area (Å²) >= 11 is 0. The monoisotopic (exact) mass is 411 g/mol. The highest BCUT2D eigenvalue weighted by Crippen LogP contribution is 2.37. The number of hydrogen-bond donors (Lipinski definition) is 1. The van der Waals surface area contributed by atoms with Gasteiger partial charge in [0.25, 0.3) is 0 Å². The van der Waals surface area contributed by atoms with Gasteiger partial charge in [-0.15, -0.1) is 5.69 Å². The van der Waals surface area contributed by atoms with Crippen molar-refractivity contribution in [1.29, 1.82) is 0 Å². The summed E-state index contributed by atoms with van der Waals surface area (Å²) in [5.74, 6) is -3.07. The topological polar surface area (TPSA) is 43.2 Å². The van der Waals surface area contributed by atoms with Crippen LogP contribution in [0.25, 0.3) is 5.32 Å². The molecule has 0 aromatic heterocycles. The quantitative estimate of drug-likeness (QED) is 0.587. The van der Waals surface area contributed by atoms with Gasteiger partial charge in [-0.3, -0.25) is 4.79 Å². The molecule has 0 saturated heterocycles. The predicted molar refractivity (Wildman–Crippen MR) is 98.6 cm³/mol. The smallest absolute Gasteiger partial charge is 0.416 e. The zero-order valence-corrected chi connectivity index (χ0v) is 15.5. The first kappa shape index (κ1) is 21.1. The Kier molecular flexibility index (Phi) is 6.39. The highest BCUT2D eigenvalue weighted by molar-refractivity contribution is 5.88. The van der Waals surface area contributed by atoms with E-state index in [4.69, 9.17) is 0 Å². The van der Waals surface area contributed by atoms with Gasteiger partial charge in [-0.05, 0) is 30.5 Å². The molecule has 1 aliphatic carbocycles. The first-order valence-corrected chi connectivity index (χ1v) is 9.38. The maximum absolute atomic E-state index is 14.4. The molecule has 1 aliphatic rings. The van der Waals surface area contributed by atoms with E-state index in [-0.39, 0.29) is 17.3 Å². The second kappa shape index (κ2) is 8.80. The Morgan fingerprint density at radius 3 is 2.41 bits per heavy atom. The standard InChI is InChI=1S/C21H20F5N2O/c22-17-11-5-10-16(18(17)23)19(20(29)28-14-7-2-1-3-8-14)27-15-9-4-6-13(12-15)21(24,25)26/h4-6,9-12,14,19H,1-3,7-8H2,(H,28,29)/q-1. The van der Waals surface area contributed by atoms with Crippen LogP contribution in [0.2, 0.25) is 0 Å². The van der Waals surface area contributed by atoms with Crippen molar-refractivity contribution in [2.75, 3.05) is 0 Å². The van der Waals surface area contributed by atoms with Crippen LogP contribution in [0, 0.1) is 11.6 Å². The van der Waals surface area contributed by atoms with Gasteiger partial charge in [-0.2, -0.15) is 13.2 Å². The van der Waals surface area contributed by atoms with Gasteiger partial charge in [0, 0.05) is 6.04 Å². The molecule has 0 aliphatic heterocycles. The zero-order chi connectivity index (χ0) is 21.0. The number of nitrogens with one attached hydrogen (secondary N) is 1. The van der Waals surface area contributed by atoms with Crippen molar-refractivity contribution in [3.05, 3.63) is 70.5 Å². The molecule has 0 spiro atoms. The number of hydrogen-bond acceptors (Lipinski definition) is 1. The van der Waals surface area contributed by atoms with Gasteiger partial charge in [0.05, 0.1) is 5.56 Å². The van der Waals surface area contributed by atoms with E-state index in [2.05, 4.69) is 10.6 Å². The van der Waals surface area contributed by atoms with Gasteiger partial charge in [0.1, 0.15) is 0 Å². The lowest BCUT2D eigenvalue weighted by Crippen LogP contribution is -2.39. The summed E-state index contributed by atoms with van der Waals surface area (Å²) in [5.41, 5.74) is -1.41. The Hall–Kier alpha value is -2.64. The molecule has 1 fully saturated rings. The molecule has 0 bridgehead atoms. The number of benzene rings is 2. The van der Waals surface area contributed by atoms with E-state index in [1.165, 1.54) is 18.2 Å². The molecule has 2 aromatic carbocycles.